The van der Waals surface area contributed by atoms with Crippen molar-refractivity contribution in [1.82, 2.24) is 16.0 Å². The molecule has 1 heterocycles. The van der Waals surface area contributed by atoms with E-state index < -0.39 is 0 Å². The first-order chi connectivity index (χ1) is 7.72. The van der Waals surface area contributed by atoms with Crippen LogP contribution < -0.4 is 16.0 Å². The molecule has 1 aliphatic heterocycles. The van der Waals surface area contributed by atoms with Gasteiger partial charge in [0.25, 0.3) is 0 Å². The van der Waals surface area contributed by atoms with E-state index in [1.54, 1.807) is 0 Å². The highest BCUT2D eigenvalue weighted by Gasteiger charge is 2.17. The summed E-state index contributed by atoms with van der Waals surface area (Å²) < 4.78 is 0. The third kappa shape index (κ3) is 4.75. The summed E-state index contributed by atoms with van der Waals surface area (Å²) in [5.41, 5.74) is 0. The van der Waals surface area contributed by atoms with Crippen molar-refractivity contribution in [2.24, 2.45) is 0 Å². The average Bonchev–Trinajstić information content (AvgIpc) is 2.29. The van der Waals surface area contributed by atoms with Crippen molar-refractivity contribution in [1.29, 1.82) is 5.26 Å². The van der Waals surface area contributed by atoms with Crippen molar-refractivity contribution in [2.45, 2.75) is 25.3 Å². The Labute approximate surface area is 94.4 Å². The van der Waals surface area contributed by atoms with Crippen molar-refractivity contribution >= 4 is 11.8 Å². The van der Waals surface area contributed by atoms with Gasteiger partial charge >= 0.3 is 0 Å². The van der Waals surface area contributed by atoms with E-state index in [4.69, 9.17) is 5.26 Å². The SMILES string of the molecule is N#CCCNC(=O)CNC1CCC(=O)NC1. The molecule has 0 aliphatic carbocycles. The van der Waals surface area contributed by atoms with Gasteiger partial charge in [0.2, 0.25) is 11.8 Å². The molecule has 0 radical (unpaired) electrons. The third-order valence-electron chi connectivity index (χ3n) is 2.38. The van der Waals surface area contributed by atoms with Crippen LogP contribution in [0.5, 0.6) is 0 Å². The van der Waals surface area contributed by atoms with Crippen LogP contribution >= 0.6 is 0 Å². The number of nitriles is 1. The summed E-state index contributed by atoms with van der Waals surface area (Å²) in [6.07, 6.45) is 1.59. The number of nitrogens with zero attached hydrogens (tertiary/aromatic N) is 1. The number of amides is 2. The van der Waals surface area contributed by atoms with Gasteiger partial charge in [0, 0.05) is 25.6 Å². The van der Waals surface area contributed by atoms with Crippen molar-refractivity contribution in [2.75, 3.05) is 19.6 Å². The van der Waals surface area contributed by atoms with Crippen molar-refractivity contribution in [3.05, 3.63) is 0 Å². The van der Waals surface area contributed by atoms with E-state index in [0.29, 0.717) is 25.9 Å². The van der Waals surface area contributed by atoms with Gasteiger partial charge in [-0.3, -0.25) is 9.59 Å². The van der Waals surface area contributed by atoms with Gasteiger partial charge in [0.15, 0.2) is 0 Å². The zero-order chi connectivity index (χ0) is 11.8. The van der Waals surface area contributed by atoms with Gasteiger partial charge in [-0.25, -0.2) is 0 Å². The van der Waals surface area contributed by atoms with Crippen LogP contribution in [-0.2, 0) is 9.59 Å². The molecule has 1 atom stereocenters. The van der Waals surface area contributed by atoms with E-state index in [1.807, 2.05) is 6.07 Å². The van der Waals surface area contributed by atoms with Crippen molar-refractivity contribution in [3.63, 3.8) is 0 Å². The number of carbonyl (C=O) groups is 2. The quantitative estimate of drug-likeness (QED) is 0.516. The molecule has 1 rings (SSSR count). The standard InChI is InChI=1S/C10H16N4O2/c11-4-1-5-12-10(16)7-13-8-2-3-9(15)14-6-8/h8,13H,1-3,5-7H2,(H,12,16)(H,14,15). The first kappa shape index (κ1) is 12.5. The molecule has 16 heavy (non-hydrogen) atoms. The first-order valence-electron chi connectivity index (χ1n) is 5.36. The molecule has 0 aromatic heterocycles. The molecule has 6 nitrogen and oxygen atoms in total. The van der Waals surface area contributed by atoms with Crippen LogP contribution in [0.1, 0.15) is 19.3 Å². The molecule has 6 heteroatoms. The van der Waals surface area contributed by atoms with E-state index in [-0.39, 0.29) is 24.4 Å². The smallest absolute Gasteiger partial charge is 0.234 e. The second-order valence-electron chi connectivity index (χ2n) is 3.68. The molecule has 0 bridgehead atoms. The van der Waals surface area contributed by atoms with Gasteiger partial charge < -0.3 is 16.0 Å². The highest BCUT2D eigenvalue weighted by molar-refractivity contribution is 5.78. The molecule has 1 unspecified atom stereocenters. The Morgan fingerprint density at radius 2 is 2.44 bits per heavy atom. The van der Waals surface area contributed by atoms with E-state index >= 15 is 0 Å². The van der Waals surface area contributed by atoms with Crippen LogP contribution in [0.3, 0.4) is 0 Å². The van der Waals surface area contributed by atoms with Gasteiger partial charge in [-0.15, -0.1) is 0 Å². The summed E-state index contributed by atoms with van der Waals surface area (Å²) in [7, 11) is 0. The number of rotatable bonds is 5. The number of piperidine rings is 1. The minimum atomic E-state index is -0.118. The van der Waals surface area contributed by atoms with E-state index in [2.05, 4.69) is 16.0 Å². The van der Waals surface area contributed by atoms with Crippen LogP contribution in [0.25, 0.3) is 0 Å². The lowest BCUT2D eigenvalue weighted by atomic mass is 10.1. The van der Waals surface area contributed by atoms with Crippen LogP contribution in [-0.4, -0.2) is 37.5 Å². The fourth-order valence-corrected chi connectivity index (χ4v) is 1.46. The summed E-state index contributed by atoms with van der Waals surface area (Å²) in [6.45, 7) is 1.19. The van der Waals surface area contributed by atoms with Crippen LogP contribution in [0.15, 0.2) is 0 Å². The molecular formula is C10H16N4O2. The summed E-state index contributed by atoms with van der Waals surface area (Å²) >= 11 is 0. The fraction of sp³-hybridized carbons (Fsp3) is 0.700. The Balaban J connectivity index is 2.08. The van der Waals surface area contributed by atoms with Crippen LogP contribution in [0.2, 0.25) is 0 Å². The van der Waals surface area contributed by atoms with E-state index in [0.717, 1.165) is 6.42 Å². The second kappa shape index (κ2) is 6.80. The van der Waals surface area contributed by atoms with Gasteiger partial charge in [0.1, 0.15) is 0 Å². The number of carbonyl (C=O) groups excluding carboxylic acids is 2. The molecule has 0 spiro atoms. The lowest BCUT2D eigenvalue weighted by Gasteiger charge is -2.23. The number of hydrogen-bond donors (Lipinski definition) is 3. The minimum Gasteiger partial charge on any atom is -0.355 e. The van der Waals surface area contributed by atoms with Crippen molar-refractivity contribution < 1.29 is 9.59 Å². The Hall–Kier alpha value is -1.61. The van der Waals surface area contributed by atoms with Gasteiger partial charge in [-0.2, -0.15) is 5.26 Å². The molecule has 88 valence electrons. The maximum absolute atomic E-state index is 11.3. The maximum Gasteiger partial charge on any atom is 0.234 e. The normalized spacial score (nSPS) is 19.7. The zero-order valence-corrected chi connectivity index (χ0v) is 9.08. The average molecular weight is 224 g/mol. The Morgan fingerprint density at radius 1 is 1.62 bits per heavy atom. The monoisotopic (exact) mass is 224 g/mol. The number of nitrogens with one attached hydrogen (secondary N) is 3. The third-order valence-corrected chi connectivity index (χ3v) is 2.38. The van der Waals surface area contributed by atoms with Gasteiger partial charge in [-0.1, -0.05) is 0 Å². The molecule has 0 saturated carbocycles. The molecule has 1 saturated heterocycles. The topological polar surface area (TPSA) is 94.0 Å². The maximum atomic E-state index is 11.3. The lowest BCUT2D eigenvalue weighted by molar-refractivity contribution is -0.122. The van der Waals surface area contributed by atoms with Gasteiger partial charge in [-0.05, 0) is 6.42 Å². The van der Waals surface area contributed by atoms with Crippen LogP contribution in [0, 0.1) is 11.3 Å². The molecule has 0 aromatic rings. The van der Waals surface area contributed by atoms with Gasteiger partial charge in [0.05, 0.1) is 19.0 Å². The summed E-state index contributed by atoms with van der Waals surface area (Å²) in [5, 5.41) is 16.7. The second-order valence-corrected chi connectivity index (χ2v) is 3.68. The van der Waals surface area contributed by atoms with Crippen molar-refractivity contribution in [3.8, 4) is 6.07 Å². The zero-order valence-electron chi connectivity index (χ0n) is 9.08. The number of hydrogen-bond acceptors (Lipinski definition) is 4. The molecule has 0 aromatic carbocycles. The lowest BCUT2D eigenvalue weighted by Crippen LogP contribution is -2.48. The molecule has 2 amide bonds. The summed E-state index contributed by atoms with van der Waals surface area (Å²) in [5.74, 6) is -0.0522. The largest absolute Gasteiger partial charge is 0.355 e. The summed E-state index contributed by atoms with van der Waals surface area (Å²) in [6, 6.07) is 2.12. The highest BCUT2D eigenvalue weighted by atomic mass is 16.2. The predicted molar refractivity (Wildman–Crippen MR) is 57.3 cm³/mol. The predicted octanol–water partition coefficient (Wildman–Crippen LogP) is -1.12. The molecule has 3 N–H and O–H groups in total. The fourth-order valence-electron chi connectivity index (χ4n) is 1.46. The summed E-state index contributed by atoms with van der Waals surface area (Å²) in [4.78, 5) is 22.1. The Kier molecular flexibility index (Phi) is 5.29. The Bertz CT molecular complexity index is 288. The Morgan fingerprint density at radius 3 is 3.06 bits per heavy atom. The van der Waals surface area contributed by atoms with E-state index in [1.165, 1.54) is 0 Å². The highest BCUT2D eigenvalue weighted by Crippen LogP contribution is 2.01. The minimum absolute atomic E-state index is 0.0662. The van der Waals surface area contributed by atoms with Crippen LogP contribution in [0.4, 0.5) is 0 Å². The molecule has 1 fully saturated rings. The molecular weight excluding hydrogens is 208 g/mol. The molecule has 1 aliphatic rings. The first-order valence-corrected chi connectivity index (χ1v) is 5.36. The van der Waals surface area contributed by atoms with E-state index in [9.17, 15) is 9.59 Å².